The van der Waals surface area contributed by atoms with Gasteiger partial charge in [-0.2, -0.15) is 0 Å². The molecule has 6 aromatic carbocycles. The molecule has 0 amide bonds. The molecule has 300 valence electrons. The van der Waals surface area contributed by atoms with Gasteiger partial charge in [-0.15, -0.1) is 0 Å². The van der Waals surface area contributed by atoms with Gasteiger partial charge in [0.2, 0.25) is 0 Å². The van der Waals surface area contributed by atoms with Gasteiger partial charge in [0.1, 0.15) is 11.3 Å². The van der Waals surface area contributed by atoms with E-state index in [-0.39, 0.29) is 16.6 Å². The maximum atomic E-state index is 12.4. The van der Waals surface area contributed by atoms with Gasteiger partial charge in [0, 0.05) is 34.6 Å². The van der Waals surface area contributed by atoms with E-state index >= 15 is 0 Å². The minimum atomic E-state index is -0.332. The number of benzene rings is 6. The van der Waals surface area contributed by atoms with Crippen molar-refractivity contribution >= 4 is 11.2 Å². The molecule has 0 bridgehead atoms. The van der Waals surface area contributed by atoms with Gasteiger partial charge in [0.15, 0.2) is 11.5 Å². The molecule has 3 aromatic heterocycles. The van der Waals surface area contributed by atoms with Crippen LogP contribution in [0, 0.1) is 6.92 Å². The average molecular weight is 795 g/mol. The van der Waals surface area contributed by atoms with Crippen molar-refractivity contribution in [1.29, 1.82) is 0 Å². The van der Waals surface area contributed by atoms with Gasteiger partial charge in [0.25, 0.3) is 0 Å². The molecule has 5 heteroatoms. The second-order valence-corrected chi connectivity index (χ2v) is 18.0. The number of phenolic OH excluding ortho intramolecular Hbond substituents is 1. The third-order valence-electron chi connectivity index (χ3n) is 11.6. The molecule has 0 spiro atoms. The molecule has 61 heavy (non-hydrogen) atoms. The van der Waals surface area contributed by atoms with Crippen LogP contribution in [0.15, 0.2) is 170 Å². The van der Waals surface area contributed by atoms with Crippen molar-refractivity contribution in [3.05, 3.63) is 187 Å². The highest BCUT2D eigenvalue weighted by Crippen LogP contribution is 2.45. The number of imidazole rings is 1. The van der Waals surface area contributed by atoms with Crippen LogP contribution in [0.2, 0.25) is 0 Å². The van der Waals surface area contributed by atoms with Crippen LogP contribution in [0.4, 0.5) is 0 Å². The predicted octanol–water partition coefficient (Wildman–Crippen LogP) is 14.4. The molecule has 3 heterocycles. The van der Waals surface area contributed by atoms with E-state index in [1.165, 1.54) is 0 Å². The molecule has 0 saturated heterocycles. The standard InChI is InChI=1S/C56H50N4O/c1-36-35-58-49(34-46(36)39-23-15-10-16-24-39)42-30-40(37-19-11-8-12-20-37)29-41(31-42)45-27-28-57-54-51(45)59-53(47-32-43(55(2,3)4)33-48(52(47)61)56(5,6)7)60(54)50-26-18-17-25-44(50)38-21-13-9-14-22-38/h8-35,61H,1-7H3. The SMILES string of the molecule is Cc1cnc(-c2cc(-c3ccccc3)cc(-c3ccnc4c3nc(-c3cc(C(C)(C)C)cc(C(C)(C)C)c3O)n4-c3ccccc3-c3ccccc3)c2)cc1-c1ccccc1. The lowest BCUT2D eigenvalue weighted by molar-refractivity contribution is 0.446. The van der Waals surface area contributed by atoms with E-state index in [0.29, 0.717) is 17.0 Å². The van der Waals surface area contributed by atoms with Crippen LogP contribution in [0.5, 0.6) is 5.75 Å². The maximum Gasteiger partial charge on any atom is 0.165 e. The number of para-hydroxylation sites is 1. The van der Waals surface area contributed by atoms with Crippen LogP contribution in [-0.4, -0.2) is 24.6 Å². The van der Waals surface area contributed by atoms with E-state index in [0.717, 1.165) is 83.7 Å². The summed E-state index contributed by atoms with van der Waals surface area (Å²) in [6.45, 7) is 15.2. The number of rotatable bonds is 7. The molecule has 9 aromatic rings. The first-order chi connectivity index (χ1) is 29.3. The maximum absolute atomic E-state index is 12.4. The van der Waals surface area contributed by atoms with E-state index in [4.69, 9.17) is 15.0 Å². The lowest BCUT2D eigenvalue weighted by atomic mass is 9.79. The Morgan fingerprint density at radius 3 is 1.74 bits per heavy atom. The first kappa shape index (κ1) is 39.4. The van der Waals surface area contributed by atoms with Gasteiger partial charge in [-0.1, -0.05) is 157 Å². The number of aryl methyl sites for hydroxylation is 1. The van der Waals surface area contributed by atoms with Gasteiger partial charge in [0.05, 0.1) is 16.9 Å². The molecule has 0 aliphatic carbocycles. The molecule has 0 aliphatic heterocycles. The first-order valence-corrected chi connectivity index (χ1v) is 21.0. The van der Waals surface area contributed by atoms with Crippen molar-refractivity contribution in [2.24, 2.45) is 0 Å². The number of fused-ring (bicyclic) bond motifs is 1. The highest BCUT2D eigenvalue weighted by Gasteiger charge is 2.29. The number of aromatic hydroxyl groups is 1. The minimum absolute atomic E-state index is 0.191. The lowest BCUT2D eigenvalue weighted by Crippen LogP contribution is -2.17. The normalized spacial score (nSPS) is 11.9. The van der Waals surface area contributed by atoms with E-state index in [9.17, 15) is 5.11 Å². The summed E-state index contributed by atoms with van der Waals surface area (Å²) in [4.78, 5) is 15.7. The molecule has 9 rings (SSSR count). The average Bonchev–Trinajstić information content (AvgIpc) is 3.66. The van der Waals surface area contributed by atoms with E-state index in [2.05, 4.69) is 193 Å². The number of hydrogen-bond donors (Lipinski definition) is 1. The Morgan fingerprint density at radius 2 is 1.08 bits per heavy atom. The molecule has 5 nitrogen and oxygen atoms in total. The van der Waals surface area contributed by atoms with Gasteiger partial charge in [-0.25, -0.2) is 9.97 Å². The topological polar surface area (TPSA) is 63.8 Å². The molecule has 0 radical (unpaired) electrons. The van der Waals surface area contributed by atoms with Crippen molar-refractivity contribution in [3.63, 3.8) is 0 Å². The third kappa shape index (κ3) is 7.53. The van der Waals surface area contributed by atoms with Crippen LogP contribution < -0.4 is 0 Å². The number of pyridine rings is 2. The minimum Gasteiger partial charge on any atom is -0.507 e. The Balaban J connectivity index is 1.35. The molecule has 0 unspecified atom stereocenters. The summed E-state index contributed by atoms with van der Waals surface area (Å²) in [7, 11) is 0. The van der Waals surface area contributed by atoms with Gasteiger partial charge in [-0.05, 0) is 105 Å². The summed E-state index contributed by atoms with van der Waals surface area (Å²) in [5, 5.41) is 12.4. The number of hydrogen-bond acceptors (Lipinski definition) is 4. The van der Waals surface area contributed by atoms with Gasteiger partial charge < -0.3 is 5.11 Å². The summed E-state index contributed by atoms with van der Waals surface area (Å²) >= 11 is 0. The van der Waals surface area contributed by atoms with Gasteiger partial charge in [-0.3, -0.25) is 9.55 Å². The van der Waals surface area contributed by atoms with Gasteiger partial charge >= 0.3 is 0 Å². The van der Waals surface area contributed by atoms with Crippen molar-refractivity contribution in [3.8, 4) is 78.6 Å². The Bertz CT molecular complexity index is 3040. The Hall–Kier alpha value is -7.11. The quantitative estimate of drug-likeness (QED) is 0.175. The summed E-state index contributed by atoms with van der Waals surface area (Å²) < 4.78 is 2.14. The highest BCUT2D eigenvalue weighted by molar-refractivity contribution is 5.97. The highest BCUT2D eigenvalue weighted by atomic mass is 16.3. The van der Waals surface area contributed by atoms with Crippen LogP contribution >= 0.6 is 0 Å². The van der Waals surface area contributed by atoms with E-state index in [1.54, 1.807) is 0 Å². The van der Waals surface area contributed by atoms with Crippen molar-refractivity contribution in [1.82, 2.24) is 19.5 Å². The zero-order valence-electron chi connectivity index (χ0n) is 35.9. The number of phenols is 1. The van der Waals surface area contributed by atoms with E-state index < -0.39 is 0 Å². The summed E-state index contributed by atoms with van der Waals surface area (Å²) in [5.74, 6) is 0.850. The molecular formula is C56H50N4O. The zero-order chi connectivity index (χ0) is 42.5. The van der Waals surface area contributed by atoms with Crippen molar-refractivity contribution in [2.75, 3.05) is 0 Å². The van der Waals surface area contributed by atoms with Crippen molar-refractivity contribution < 1.29 is 5.11 Å². The largest absolute Gasteiger partial charge is 0.507 e. The molecule has 0 fully saturated rings. The fourth-order valence-corrected chi connectivity index (χ4v) is 8.29. The monoisotopic (exact) mass is 794 g/mol. The van der Waals surface area contributed by atoms with E-state index in [1.807, 2.05) is 30.6 Å². The lowest BCUT2D eigenvalue weighted by Gasteiger charge is -2.27. The first-order valence-electron chi connectivity index (χ1n) is 21.0. The summed E-state index contributed by atoms with van der Waals surface area (Å²) in [5.41, 5.74) is 16.0. The molecule has 0 saturated carbocycles. The Labute approximate surface area is 359 Å². The second kappa shape index (κ2) is 15.5. The molecule has 0 atom stereocenters. The number of nitrogens with zero attached hydrogens (tertiary/aromatic N) is 4. The summed E-state index contributed by atoms with van der Waals surface area (Å²) in [6, 6.07) is 55.0. The van der Waals surface area contributed by atoms with Crippen molar-refractivity contribution in [2.45, 2.75) is 59.3 Å². The number of aromatic nitrogens is 4. The zero-order valence-corrected chi connectivity index (χ0v) is 35.9. The van der Waals surface area contributed by atoms with Crippen LogP contribution in [-0.2, 0) is 10.8 Å². The second-order valence-electron chi connectivity index (χ2n) is 18.0. The smallest absolute Gasteiger partial charge is 0.165 e. The van der Waals surface area contributed by atoms with Crippen LogP contribution in [0.25, 0.3) is 84.0 Å². The Kier molecular flexibility index (Phi) is 9.99. The summed E-state index contributed by atoms with van der Waals surface area (Å²) in [6.07, 6.45) is 3.85. The molecule has 1 N–H and O–H groups in total. The molecular weight excluding hydrogens is 745 g/mol. The third-order valence-corrected chi connectivity index (χ3v) is 11.6. The molecule has 0 aliphatic rings. The fraction of sp³-hybridized carbons (Fsp3) is 0.161. The van der Waals surface area contributed by atoms with Crippen LogP contribution in [0.3, 0.4) is 0 Å². The Morgan fingerprint density at radius 1 is 0.492 bits per heavy atom. The fourth-order valence-electron chi connectivity index (χ4n) is 8.29. The predicted molar refractivity (Wildman–Crippen MR) is 253 cm³/mol. The van der Waals surface area contributed by atoms with Crippen LogP contribution in [0.1, 0.15) is 58.2 Å².